The molecule has 1 amide bonds. The number of rotatable bonds is 5. The number of aryl methyl sites for hydroxylation is 1. The molecule has 30 heavy (non-hydrogen) atoms. The first-order chi connectivity index (χ1) is 14.1. The highest BCUT2D eigenvalue weighted by Crippen LogP contribution is 2.38. The minimum atomic E-state index is -4.66. The lowest BCUT2D eigenvalue weighted by Gasteiger charge is -2.14. The summed E-state index contributed by atoms with van der Waals surface area (Å²) in [5.41, 5.74) is -0.948. The molecule has 6 nitrogen and oxygen atoms in total. The highest BCUT2D eigenvalue weighted by Gasteiger charge is 2.34. The van der Waals surface area contributed by atoms with Crippen LogP contribution in [0, 0.1) is 12.7 Å². The molecular weight excluding hydrogens is 406 g/mol. The third kappa shape index (κ3) is 5.02. The Bertz CT molecular complexity index is 1140. The van der Waals surface area contributed by atoms with Crippen LogP contribution in [0.5, 0.6) is 11.5 Å². The maximum atomic E-state index is 14.3. The molecule has 0 fully saturated rings. The number of amides is 1. The van der Waals surface area contributed by atoms with Gasteiger partial charge in [-0.1, -0.05) is 12.1 Å². The van der Waals surface area contributed by atoms with Crippen LogP contribution in [0.1, 0.15) is 11.3 Å². The average molecular weight is 421 g/mol. The zero-order valence-corrected chi connectivity index (χ0v) is 15.5. The molecule has 1 N–H and O–H groups in total. The molecular formula is C20H15F4N3O3. The summed E-state index contributed by atoms with van der Waals surface area (Å²) in [5.74, 6) is -2.60. The summed E-state index contributed by atoms with van der Waals surface area (Å²) in [6.45, 7) is 1.26. The molecule has 10 heteroatoms. The topological polar surface area (TPSA) is 73.2 Å². The van der Waals surface area contributed by atoms with Gasteiger partial charge in [0.25, 0.3) is 5.56 Å². The van der Waals surface area contributed by atoms with Crippen molar-refractivity contribution in [1.29, 1.82) is 0 Å². The van der Waals surface area contributed by atoms with E-state index in [-0.39, 0.29) is 12.2 Å². The number of carbonyl (C=O) groups excluding carboxylic acids is 1. The number of hydrogen-bond donors (Lipinski definition) is 1. The standard InChI is InChI=1S/C20H15F4N3O3/c1-12-6-9-19(29)27(26-12)11-18(28)25-13-7-8-17(15(21)10-13)30-16-5-3-2-4-14(16)20(22,23)24/h2-10H,11H2,1H3,(H,25,28). The van der Waals surface area contributed by atoms with E-state index in [9.17, 15) is 27.2 Å². The van der Waals surface area contributed by atoms with Gasteiger partial charge in [0.2, 0.25) is 5.91 Å². The number of ether oxygens (including phenoxy) is 1. The summed E-state index contributed by atoms with van der Waals surface area (Å²) in [6.07, 6.45) is -4.66. The minimum Gasteiger partial charge on any atom is -0.454 e. The maximum Gasteiger partial charge on any atom is 0.419 e. The summed E-state index contributed by atoms with van der Waals surface area (Å²) in [5, 5.41) is 6.31. The van der Waals surface area contributed by atoms with Gasteiger partial charge in [-0.25, -0.2) is 9.07 Å². The molecule has 0 bridgehead atoms. The molecule has 0 aliphatic carbocycles. The maximum absolute atomic E-state index is 14.3. The quantitative estimate of drug-likeness (QED) is 0.629. The largest absolute Gasteiger partial charge is 0.454 e. The second-order valence-corrected chi connectivity index (χ2v) is 6.26. The molecule has 1 heterocycles. The van der Waals surface area contributed by atoms with E-state index >= 15 is 0 Å². The second kappa shape index (κ2) is 8.36. The zero-order chi connectivity index (χ0) is 21.9. The first-order valence-electron chi connectivity index (χ1n) is 8.62. The molecule has 0 aliphatic heterocycles. The van der Waals surface area contributed by atoms with Crippen LogP contribution in [0.4, 0.5) is 23.2 Å². The van der Waals surface area contributed by atoms with Crippen molar-refractivity contribution in [1.82, 2.24) is 9.78 Å². The molecule has 1 aromatic heterocycles. The second-order valence-electron chi connectivity index (χ2n) is 6.26. The third-order valence-corrected chi connectivity index (χ3v) is 3.92. The van der Waals surface area contributed by atoms with Crippen LogP contribution in [0.3, 0.4) is 0 Å². The van der Waals surface area contributed by atoms with Crippen molar-refractivity contribution in [2.24, 2.45) is 0 Å². The van der Waals surface area contributed by atoms with E-state index in [0.29, 0.717) is 5.69 Å². The van der Waals surface area contributed by atoms with E-state index in [0.717, 1.165) is 28.9 Å². The lowest BCUT2D eigenvalue weighted by Crippen LogP contribution is -2.29. The Morgan fingerprint density at radius 3 is 2.53 bits per heavy atom. The Morgan fingerprint density at radius 1 is 1.10 bits per heavy atom. The number of halogens is 4. The van der Waals surface area contributed by atoms with E-state index in [2.05, 4.69) is 10.4 Å². The van der Waals surface area contributed by atoms with Gasteiger partial charge in [0.05, 0.1) is 11.3 Å². The lowest BCUT2D eigenvalue weighted by molar-refractivity contribution is -0.138. The van der Waals surface area contributed by atoms with Gasteiger partial charge in [0, 0.05) is 17.8 Å². The summed E-state index contributed by atoms with van der Waals surface area (Å²) in [7, 11) is 0. The van der Waals surface area contributed by atoms with Crippen LogP contribution < -0.4 is 15.6 Å². The van der Waals surface area contributed by atoms with Gasteiger partial charge in [-0.05, 0) is 37.3 Å². The van der Waals surface area contributed by atoms with Crippen LogP contribution in [0.2, 0.25) is 0 Å². The van der Waals surface area contributed by atoms with Crippen molar-refractivity contribution >= 4 is 11.6 Å². The number of carbonyl (C=O) groups is 1. The molecule has 3 rings (SSSR count). The predicted octanol–water partition coefficient (Wildman–Crippen LogP) is 4.14. The van der Waals surface area contributed by atoms with E-state index in [4.69, 9.17) is 4.74 Å². The van der Waals surface area contributed by atoms with Crippen LogP contribution in [-0.2, 0) is 17.5 Å². The van der Waals surface area contributed by atoms with Crippen LogP contribution in [0.25, 0.3) is 0 Å². The van der Waals surface area contributed by atoms with Crippen molar-refractivity contribution in [3.8, 4) is 11.5 Å². The van der Waals surface area contributed by atoms with E-state index in [1.807, 2.05) is 0 Å². The fourth-order valence-electron chi connectivity index (χ4n) is 2.57. The molecule has 0 aliphatic rings. The van der Waals surface area contributed by atoms with E-state index in [1.54, 1.807) is 6.92 Å². The molecule has 0 spiro atoms. The number of alkyl halides is 3. The van der Waals surface area contributed by atoms with Crippen molar-refractivity contribution < 1.29 is 27.1 Å². The highest BCUT2D eigenvalue weighted by molar-refractivity contribution is 5.90. The Morgan fingerprint density at radius 2 is 1.83 bits per heavy atom. The fourth-order valence-corrected chi connectivity index (χ4v) is 2.57. The third-order valence-electron chi connectivity index (χ3n) is 3.92. The first kappa shape index (κ1) is 21.0. The zero-order valence-electron chi connectivity index (χ0n) is 15.5. The SMILES string of the molecule is Cc1ccc(=O)n(CC(=O)Nc2ccc(Oc3ccccc3C(F)(F)F)c(F)c2)n1. The first-order valence-corrected chi connectivity index (χ1v) is 8.62. The number of anilines is 1. The van der Waals surface area contributed by atoms with Gasteiger partial charge in [-0.2, -0.15) is 18.3 Å². The smallest absolute Gasteiger partial charge is 0.419 e. The Hall–Kier alpha value is -3.69. The Kier molecular flexibility index (Phi) is 5.86. The van der Waals surface area contributed by atoms with Gasteiger partial charge in [-0.15, -0.1) is 0 Å². The Balaban J connectivity index is 1.74. The summed E-state index contributed by atoms with van der Waals surface area (Å²) in [4.78, 5) is 23.8. The number of benzene rings is 2. The number of nitrogens with one attached hydrogen (secondary N) is 1. The molecule has 0 unspecified atom stereocenters. The summed E-state index contributed by atoms with van der Waals surface area (Å²) >= 11 is 0. The van der Waals surface area contributed by atoms with Gasteiger partial charge < -0.3 is 10.1 Å². The minimum absolute atomic E-state index is 0.0367. The van der Waals surface area contributed by atoms with Gasteiger partial charge in [0.15, 0.2) is 11.6 Å². The van der Waals surface area contributed by atoms with E-state index in [1.165, 1.54) is 30.3 Å². The molecule has 0 radical (unpaired) electrons. The fraction of sp³-hybridized carbons (Fsp3) is 0.150. The predicted molar refractivity (Wildman–Crippen MR) is 99.8 cm³/mol. The molecule has 2 aromatic carbocycles. The van der Waals surface area contributed by atoms with Gasteiger partial charge in [0.1, 0.15) is 12.3 Å². The number of hydrogen-bond acceptors (Lipinski definition) is 4. The molecule has 156 valence electrons. The van der Waals surface area contributed by atoms with Crippen LogP contribution in [-0.4, -0.2) is 15.7 Å². The number of para-hydroxylation sites is 1. The van der Waals surface area contributed by atoms with Crippen molar-refractivity contribution in [3.63, 3.8) is 0 Å². The van der Waals surface area contributed by atoms with Crippen molar-refractivity contribution in [2.75, 3.05) is 5.32 Å². The number of nitrogens with zero attached hydrogens (tertiary/aromatic N) is 2. The molecule has 0 atom stereocenters. The molecule has 0 saturated carbocycles. The van der Waals surface area contributed by atoms with Crippen LogP contribution >= 0.6 is 0 Å². The van der Waals surface area contributed by atoms with Crippen molar-refractivity contribution in [3.05, 3.63) is 82.0 Å². The average Bonchev–Trinajstić information content (AvgIpc) is 2.66. The van der Waals surface area contributed by atoms with E-state index < -0.39 is 40.5 Å². The van der Waals surface area contributed by atoms with Gasteiger partial charge >= 0.3 is 6.18 Å². The Labute approximate surface area is 167 Å². The molecule has 3 aromatic rings. The summed E-state index contributed by atoms with van der Waals surface area (Å²) in [6, 6.07) is 10.4. The van der Waals surface area contributed by atoms with Gasteiger partial charge in [-0.3, -0.25) is 9.59 Å². The monoisotopic (exact) mass is 421 g/mol. The van der Waals surface area contributed by atoms with Crippen molar-refractivity contribution in [2.45, 2.75) is 19.6 Å². The number of aromatic nitrogens is 2. The lowest BCUT2D eigenvalue weighted by atomic mass is 10.2. The molecule has 0 saturated heterocycles. The van der Waals surface area contributed by atoms with Crippen LogP contribution in [0.15, 0.2) is 59.4 Å². The highest BCUT2D eigenvalue weighted by atomic mass is 19.4. The summed E-state index contributed by atoms with van der Waals surface area (Å²) < 4.78 is 59.5. The normalized spacial score (nSPS) is 11.2.